The molecule has 0 saturated carbocycles. The van der Waals surface area contributed by atoms with Crippen molar-refractivity contribution in [1.82, 2.24) is 4.90 Å². The molecule has 3 N–H and O–H groups in total. The Balaban J connectivity index is 2.13. The van der Waals surface area contributed by atoms with Gasteiger partial charge in [-0.15, -0.1) is 0 Å². The molecular weight excluding hydrogens is 222 g/mol. The molecular formula is C12H18ClN3. The second-order valence-electron chi connectivity index (χ2n) is 4.61. The number of hydrogen-bond acceptors (Lipinski definition) is 3. The van der Waals surface area contributed by atoms with Crippen LogP contribution in [0, 0.1) is 0 Å². The van der Waals surface area contributed by atoms with Crippen molar-refractivity contribution in [2.45, 2.75) is 12.0 Å². The fraction of sp³-hybridized carbons (Fsp3) is 0.500. The van der Waals surface area contributed by atoms with Crippen molar-refractivity contribution in [2.75, 3.05) is 32.0 Å². The molecule has 1 aromatic carbocycles. The first-order valence-electron chi connectivity index (χ1n) is 5.56. The highest BCUT2D eigenvalue weighted by atomic mass is 35.5. The molecule has 1 fully saturated rings. The van der Waals surface area contributed by atoms with Gasteiger partial charge < -0.3 is 16.0 Å². The molecule has 1 heterocycles. The topological polar surface area (TPSA) is 41.3 Å². The second-order valence-corrected chi connectivity index (χ2v) is 5.04. The van der Waals surface area contributed by atoms with E-state index in [1.165, 1.54) is 0 Å². The highest BCUT2D eigenvalue weighted by Gasteiger charge is 2.35. The normalized spacial score (nSPS) is 25.9. The third-order valence-corrected chi connectivity index (χ3v) is 3.40. The maximum Gasteiger partial charge on any atom is 0.0634 e. The number of hydrogen-bond donors (Lipinski definition) is 2. The minimum absolute atomic E-state index is 0.000563. The molecule has 0 radical (unpaired) electrons. The fourth-order valence-corrected chi connectivity index (χ4v) is 2.46. The second kappa shape index (κ2) is 4.62. The highest BCUT2D eigenvalue weighted by Crippen LogP contribution is 2.25. The van der Waals surface area contributed by atoms with E-state index in [4.69, 9.17) is 17.3 Å². The van der Waals surface area contributed by atoms with E-state index < -0.39 is 0 Å². The standard InChI is InChI=1S/C12H18ClN3/c1-16-6-5-12(8-14,9-16)15-11-4-2-3-10(13)7-11/h2-4,7,15H,5-6,8-9,14H2,1H3. The average Bonchev–Trinajstić information content (AvgIpc) is 2.61. The Kier molecular flexibility index (Phi) is 3.38. The van der Waals surface area contributed by atoms with Crippen molar-refractivity contribution in [1.29, 1.82) is 0 Å². The molecule has 3 nitrogen and oxygen atoms in total. The van der Waals surface area contributed by atoms with Crippen LogP contribution in [-0.4, -0.2) is 37.1 Å². The Hall–Kier alpha value is -0.770. The first kappa shape index (κ1) is 11.7. The van der Waals surface area contributed by atoms with E-state index in [1.807, 2.05) is 24.3 Å². The molecule has 1 atom stereocenters. The van der Waals surface area contributed by atoms with Gasteiger partial charge in [0.2, 0.25) is 0 Å². The average molecular weight is 240 g/mol. The third-order valence-electron chi connectivity index (χ3n) is 3.17. The van der Waals surface area contributed by atoms with Crippen LogP contribution in [0.1, 0.15) is 6.42 Å². The van der Waals surface area contributed by atoms with Crippen LogP contribution < -0.4 is 11.1 Å². The summed E-state index contributed by atoms with van der Waals surface area (Å²) in [5.74, 6) is 0. The number of anilines is 1. The number of rotatable bonds is 3. The molecule has 0 amide bonds. The Labute approximate surface area is 102 Å². The van der Waals surface area contributed by atoms with Gasteiger partial charge in [0.15, 0.2) is 0 Å². The van der Waals surface area contributed by atoms with Crippen molar-refractivity contribution in [3.63, 3.8) is 0 Å². The van der Waals surface area contributed by atoms with Crippen LogP contribution in [0.3, 0.4) is 0 Å². The number of halogens is 1. The van der Waals surface area contributed by atoms with E-state index in [-0.39, 0.29) is 5.54 Å². The van der Waals surface area contributed by atoms with Crippen molar-refractivity contribution >= 4 is 17.3 Å². The molecule has 0 spiro atoms. The fourth-order valence-electron chi connectivity index (χ4n) is 2.27. The van der Waals surface area contributed by atoms with Crippen LogP contribution in [0.5, 0.6) is 0 Å². The minimum atomic E-state index is -0.000563. The van der Waals surface area contributed by atoms with Crippen LogP contribution in [0.2, 0.25) is 5.02 Å². The minimum Gasteiger partial charge on any atom is -0.377 e. The predicted molar refractivity (Wildman–Crippen MR) is 69.0 cm³/mol. The number of nitrogens with zero attached hydrogens (tertiary/aromatic N) is 1. The highest BCUT2D eigenvalue weighted by molar-refractivity contribution is 6.30. The van der Waals surface area contributed by atoms with Crippen LogP contribution in [0.25, 0.3) is 0 Å². The smallest absolute Gasteiger partial charge is 0.0634 e. The molecule has 2 rings (SSSR count). The largest absolute Gasteiger partial charge is 0.377 e. The zero-order valence-electron chi connectivity index (χ0n) is 9.54. The van der Waals surface area contributed by atoms with E-state index in [1.54, 1.807) is 0 Å². The molecule has 0 aliphatic carbocycles. The lowest BCUT2D eigenvalue weighted by atomic mass is 9.98. The molecule has 1 unspecified atom stereocenters. The van der Waals surface area contributed by atoms with Gasteiger partial charge in [-0.1, -0.05) is 17.7 Å². The van der Waals surface area contributed by atoms with Gasteiger partial charge >= 0.3 is 0 Å². The number of nitrogens with two attached hydrogens (primary N) is 1. The lowest BCUT2D eigenvalue weighted by molar-refractivity contribution is 0.385. The lowest BCUT2D eigenvalue weighted by Crippen LogP contribution is -2.47. The number of likely N-dealkylation sites (tertiary alicyclic amines) is 1. The molecule has 1 aliphatic rings. The quantitative estimate of drug-likeness (QED) is 0.845. The Morgan fingerprint density at radius 1 is 1.56 bits per heavy atom. The molecule has 1 saturated heterocycles. The monoisotopic (exact) mass is 239 g/mol. The molecule has 1 aliphatic heterocycles. The Morgan fingerprint density at radius 3 is 2.94 bits per heavy atom. The van der Waals surface area contributed by atoms with E-state index in [0.29, 0.717) is 6.54 Å². The number of benzene rings is 1. The van der Waals surface area contributed by atoms with Gasteiger partial charge in [-0.3, -0.25) is 0 Å². The summed E-state index contributed by atoms with van der Waals surface area (Å²) >= 11 is 5.97. The van der Waals surface area contributed by atoms with Gasteiger partial charge in [0.05, 0.1) is 5.54 Å². The van der Waals surface area contributed by atoms with Gasteiger partial charge in [0.25, 0.3) is 0 Å². The number of likely N-dealkylation sites (N-methyl/N-ethyl adjacent to an activating group) is 1. The van der Waals surface area contributed by atoms with Crippen LogP contribution in [-0.2, 0) is 0 Å². The number of nitrogens with one attached hydrogen (secondary N) is 1. The van der Waals surface area contributed by atoms with E-state index in [9.17, 15) is 0 Å². The summed E-state index contributed by atoms with van der Waals surface area (Å²) in [7, 11) is 2.12. The van der Waals surface area contributed by atoms with Crippen molar-refractivity contribution < 1.29 is 0 Å². The van der Waals surface area contributed by atoms with E-state index in [0.717, 1.165) is 30.2 Å². The summed E-state index contributed by atoms with van der Waals surface area (Å²) in [5.41, 5.74) is 6.94. The van der Waals surface area contributed by atoms with Crippen molar-refractivity contribution in [2.24, 2.45) is 5.73 Å². The van der Waals surface area contributed by atoms with E-state index in [2.05, 4.69) is 17.3 Å². The van der Waals surface area contributed by atoms with Gasteiger partial charge in [0.1, 0.15) is 0 Å². The SMILES string of the molecule is CN1CCC(CN)(Nc2cccc(Cl)c2)C1. The van der Waals surface area contributed by atoms with Gasteiger partial charge in [-0.25, -0.2) is 0 Å². The summed E-state index contributed by atoms with van der Waals surface area (Å²) < 4.78 is 0. The Bertz CT molecular complexity index is 369. The van der Waals surface area contributed by atoms with Gasteiger partial charge in [-0.2, -0.15) is 0 Å². The molecule has 16 heavy (non-hydrogen) atoms. The maximum atomic E-state index is 5.97. The van der Waals surface area contributed by atoms with Gasteiger partial charge in [-0.05, 0) is 31.7 Å². The summed E-state index contributed by atoms with van der Waals surface area (Å²) in [4.78, 5) is 2.30. The van der Waals surface area contributed by atoms with E-state index >= 15 is 0 Å². The molecule has 0 bridgehead atoms. The summed E-state index contributed by atoms with van der Waals surface area (Å²) in [6.07, 6.45) is 1.08. The lowest BCUT2D eigenvalue weighted by Gasteiger charge is -2.30. The zero-order valence-corrected chi connectivity index (χ0v) is 10.3. The molecule has 0 aromatic heterocycles. The van der Waals surface area contributed by atoms with Crippen LogP contribution in [0.4, 0.5) is 5.69 Å². The molecule has 1 aromatic rings. The van der Waals surface area contributed by atoms with Gasteiger partial charge in [0, 0.05) is 30.3 Å². The van der Waals surface area contributed by atoms with Crippen molar-refractivity contribution in [3.05, 3.63) is 29.3 Å². The first-order valence-corrected chi connectivity index (χ1v) is 5.94. The summed E-state index contributed by atoms with van der Waals surface area (Å²) in [6, 6.07) is 7.80. The maximum absolute atomic E-state index is 5.97. The Morgan fingerprint density at radius 2 is 2.38 bits per heavy atom. The summed E-state index contributed by atoms with van der Waals surface area (Å²) in [6.45, 7) is 2.71. The summed E-state index contributed by atoms with van der Waals surface area (Å²) in [5, 5.41) is 4.28. The van der Waals surface area contributed by atoms with Crippen LogP contribution in [0.15, 0.2) is 24.3 Å². The molecule has 88 valence electrons. The predicted octanol–water partition coefficient (Wildman–Crippen LogP) is 1.78. The van der Waals surface area contributed by atoms with Crippen LogP contribution >= 0.6 is 11.6 Å². The third kappa shape index (κ3) is 2.48. The molecule has 4 heteroatoms. The first-order chi connectivity index (χ1) is 7.63. The van der Waals surface area contributed by atoms with Crippen molar-refractivity contribution in [3.8, 4) is 0 Å². The zero-order chi connectivity index (χ0) is 11.6.